The summed E-state index contributed by atoms with van der Waals surface area (Å²) in [7, 11) is 0. The van der Waals surface area contributed by atoms with Crippen LogP contribution >= 0.6 is 0 Å². The molecule has 0 aliphatic rings. The number of hydrogen-bond acceptors (Lipinski definition) is 2. The maximum absolute atomic E-state index is 11.6. The third-order valence-electron chi connectivity index (χ3n) is 2.38. The van der Waals surface area contributed by atoms with E-state index in [1.54, 1.807) is 0 Å². The number of hydrogen-bond donors (Lipinski definition) is 1. The molecule has 0 aliphatic carbocycles. The molecule has 1 N–H and O–H groups in total. The highest BCUT2D eigenvalue weighted by Crippen LogP contribution is 2.14. The first-order valence-electron chi connectivity index (χ1n) is 4.97. The fourth-order valence-corrected chi connectivity index (χ4v) is 1.53. The molecule has 0 unspecified atom stereocenters. The van der Waals surface area contributed by atoms with Crippen LogP contribution in [0.3, 0.4) is 0 Å². The Morgan fingerprint density at radius 2 is 1.88 bits per heavy atom. The Balaban J connectivity index is 2.51. The van der Waals surface area contributed by atoms with E-state index in [1.165, 1.54) is 19.2 Å². The van der Waals surface area contributed by atoms with Crippen molar-refractivity contribution in [3.05, 3.63) is 58.4 Å². The minimum atomic E-state index is -0.245. The first kappa shape index (κ1) is 10.4. The van der Waals surface area contributed by atoms with Gasteiger partial charge in [-0.15, -0.1) is 0 Å². The number of pyridine rings is 1. The maximum Gasteiger partial charge on any atom is 0.192 e. The van der Waals surface area contributed by atoms with Gasteiger partial charge in [-0.05, 0) is 12.5 Å². The van der Waals surface area contributed by atoms with Crippen LogP contribution in [0.15, 0.2) is 47.4 Å². The van der Waals surface area contributed by atoms with Crippen LogP contribution in [0.1, 0.15) is 17.3 Å². The summed E-state index contributed by atoms with van der Waals surface area (Å²) in [6.45, 7) is 1.38. The molecule has 0 amide bonds. The third-order valence-corrected chi connectivity index (χ3v) is 2.38. The van der Waals surface area contributed by atoms with Crippen molar-refractivity contribution < 1.29 is 4.79 Å². The largest absolute Gasteiger partial charge is 0.360 e. The molecular formula is C13H11NO2. The lowest BCUT2D eigenvalue weighted by Gasteiger charge is -2.02. The molecule has 1 aromatic heterocycles. The molecule has 0 radical (unpaired) electrons. The van der Waals surface area contributed by atoms with Crippen molar-refractivity contribution >= 4 is 5.78 Å². The second-order valence-electron chi connectivity index (χ2n) is 3.55. The van der Waals surface area contributed by atoms with Gasteiger partial charge in [-0.1, -0.05) is 30.3 Å². The zero-order valence-corrected chi connectivity index (χ0v) is 8.86. The number of aromatic amines is 1. The van der Waals surface area contributed by atoms with Crippen molar-refractivity contribution in [3.8, 4) is 11.3 Å². The van der Waals surface area contributed by atoms with Crippen LogP contribution in [0, 0.1) is 0 Å². The van der Waals surface area contributed by atoms with Gasteiger partial charge in [0.25, 0.3) is 0 Å². The van der Waals surface area contributed by atoms with Gasteiger partial charge in [-0.3, -0.25) is 9.59 Å². The molecule has 3 heteroatoms. The normalized spacial score (nSPS) is 10.1. The van der Waals surface area contributed by atoms with Crippen LogP contribution < -0.4 is 5.43 Å². The lowest BCUT2D eigenvalue weighted by Crippen LogP contribution is -2.12. The molecule has 0 aliphatic heterocycles. The van der Waals surface area contributed by atoms with Crippen LogP contribution in [0.2, 0.25) is 0 Å². The second-order valence-corrected chi connectivity index (χ2v) is 3.55. The standard InChI is InChI=1S/C13H11NO2/c1-9(15)11-8-14-12(7-13(11)16)10-5-3-2-4-6-10/h2-8H,1H3,(H,14,16). The van der Waals surface area contributed by atoms with Crippen LogP contribution in [0.5, 0.6) is 0 Å². The number of carbonyl (C=O) groups excluding carboxylic acids is 1. The summed E-state index contributed by atoms with van der Waals surface area (Å²) in [4.78, 5) is 25.7. The van der Waals surface area contributed by atoms with E-state index in [0.29, 0.717) is 0 Å². The maximum atomic E-state index is 11.6. The summed E-state index contributed by atoms with van der Waals surface area (Å²) in [5.41, 5.74) is 1.59. The highest BCUT2D eigenvalue weighted by atomic mass is 16.1. The van der Waals surface area contributed by atoms with E-state index < -0.39 is 0 Å². The van der Waals surface area contributed by atoms with E-state index in [9.17, 15) is 9.59 Å². The Morgan fingerprint density at radius 1 is 1.19 bits per heavy atom. The summed E-state index contributed by atoms with van der Waals surface area (Å²) < 4.78 is 0. The van der Waals surface area contributed by atoms with E-state index in [4.69, 9.17) is 0 Å². The van der Waals surface area contributed by atoms with Gasteiger partial charge in [-0.25, -0.2) is 0 Å². The van der Waals surface area contributed by atoms with Crippen LogP contribution in [-0.4, -0.2) is 10.8 Å². The molecule has 2 aromatic rings. The number of ketones is 1. The molecule has 3 nitrogen and oxygen atoms in total. The lowest BCUT2D eigenvalue weighted by atomic mass is 10.1. The predicted molar refractivity (Wildman–Crippen MR) is 62.5 cm³/mol. The fraction of sp³-hybridized carbons (Fsp3) is 0.0769. The summed E-state index contributed by atoms with van der Waals surface area (Å²) in [6.07, 6.45) is 1.47. The number of nitrogens with one attached hydrogen (secondary N) is 1. The summed E-state index contributed by atoms with van der Waals surface area (Å²) >= 11 is 0. The molecule has 0 atom stereocenters. The third kappa shape index (κ3) is 1.93. The Kier molecular flexibility index (Phi) is 2.68. The molecular weight excluding hydrogens is 202 g/mol. The van der Waals surface area contributed by atoms with Crippen molar-refractivity contribution in [1.82, 2.24) is 4.98 Å². The Labute approximate surface area is 92.8 Å². The van der Waals surface area contributed by atoms with E-state index in [-0.39, 0.29) is 16.8 Å². The van der Waals surface area contributed by atoms with Gasteiger partial charge >= 0.3 is 0 Å². The number of benzene rings is 1. The predicted octanol–water partition coefficient (Wildman–Crippen LogP) is 2.24. The molecule has 2 rings (SSSR count). The second kappa shape index (κ2) is 4.14. The molecule has 0 saturated carbocycles. The SMILES string of the molecule is CC(=O)c1c[nH]c(-c2ccccc2)cc1=O. The average Bonchev–Trinajstić information content (AvgIpc) is 2.29. The van der Waals surface area contributed by atoms with Crippen molar-refractivity contribution in [2.75, 3.05) is 0 Å². The molecule has 0 bridgehead atoms. The van der Waals surface area contributed by atoms with Crippen LogP contribution in [-0.2, 0) is 0 Å². The number of Topliss-reactive ketones (excluding diaryl/α,β-unsaturated/α-hetero) is 1. The quantitative estimate of drug-likeness (QED) is 0.778. The molecule has 0 fully saturated rings. The van der Waals surface area contributed by atoms with Crippen molar-refractivity contribution in [3.63, 3.8) is 0 Å². The molecule has 16 heavy (non-hydrogen) atoms. The van der Waals surface area contributed by atoms with Crippen molar-refractivity contribution in [2.24, 2.45) is 0 Å². The molecule has 1 aromatic carbocycles. The first-order valence-corrected chi connectivity index (χ1v) is 4.97. The van der Waals surface area contributed by atoms with E-state index in [2.05, 4.69) is 4.98 Å². The zero-order chi connectivity index (χ0) is 11.5. The molecule has 80 valence electrons. The van der Waals surface area contributed by atoms with Crippen LogP contribution in [0.4, 0.5) is 0 Å². The van der Waals surface area contributed by atoms with Gasteiger partial charge in [0, 0.05) is 18.0 Å². The van der Waals surface area contributed by atoms with Crippen LogP contribution in [0.25, 0.3) is 11.3 Å². The summed E-state index contributed by atoms with van der Waals surface area (Å²) in [5.74, 6) is -0.221. The van der Waals surface area contributed by atoms with Crippen molar-refractivity contribution in [2.45, 2.75) is 6.92 Å². The first-order chi connectivity index (χ1) is 7.68. The minimum Gasteiger partial charge on any atom is -0.360 e. The number of carbonyl (C=O) groups is 1. The number of aromatic nitrogens is 1. The highest BCUT2D eigenvalue weighted by Gasteiger charge is 2.06. The van der Waals surface area contributed by atoms with E-state index in [1.807, 2.05) is 30.3 Å². The molecule has 1 heterocycles. The van der Waals surface area contributed by atoms with Gasteiger partial charge in [0.05, 0.1) is 5.56 Å². The summed E-state index contributed by atoms with van der Waals surface area (Å²) in [5, 5.41) is 0. The smallest absolute Gasteiger partial charge is 0.192 e. The molecule has 0 spiro atoms. The lowest BCUT2D eigenvalue weighted by molar-refractivity contribution is 0.101. The molecule has 0 saturated heterocycles. The van der Waals surface area contributed by atoms with Crippen molar-refractivity contribution in [1.29, 1.82) is 0 Å². The highest BCUT2D eigenvalue weighted by molar-refractivity contribution is 5.93. The van der Waals surface area contributed by atoms with E-state index >= 15 is 0 Å². The average molecular weight is 213 g/mol. The monoisotopic (exact) mass is 213 g/mol. The topological polar surface area (TPSA) is 49.9 Å². The summed E-state index contributed by atoms with van der Waals surface area (Å²) in [6, 6.07) is 11.0. The van der Waals surface area contributed by atoms with Gasteiger partial charge in [0.15, 0.2) is 11.2 Å². The van der Waals surface area contributed by atoms with Gasteiger partial charge in [0.1, 0.15) is 0 Å². The Morgan fingerprint density at radius 3 is 2.44 bits per heavy atom. The van der Waals surface area contributed by atoms with Gasteiger partial charge < -0.3 is 4.98 Å². The Bertz CT molecular complexity index is 570. The Hall–Kier alpha value is -2.16. The van der Waals surface area contributed by atoms with E-state index in [0.717, 1.165) is 11.3 Å². The number of rotatable bonds is 2. The van der Waals surface area contributed by atoms with Gasteiger partial charge in [-0.2, -0.15) is 0 Å². The minimum absolute atomic E-state index is 0.194. The zero-order valence-electron chi connectivity index (χ0n) is 8.86. The fourth-order valence-electron chi connectivity index (χ4n) is 1.53. The number of H-pyrrole nitrogens is 1. The van der Waals surface area contributed by atoms with Gasteiger partial charge in [0.2, 0.25) is 0 Å².